The molecule has 0 aliphatic rings. The third-order valence-corrected chi connectivity index (χ3v) is 4.91. The lowest BCUT2D eigenvalue weighted by Gasteiger charge is -2.09. The number of aryl methyl sites for hydroxylation is 1. The van der Waals surface area contributed by atoms with Gasteiger partial charge in [-0.15, -0.1) is 0 Å². The first-order valence-electron chi connectivity index (χ1n) is 5.29. The van der Waals surface area contributed by atoms with E-state index >= 15 is 0 Å². The number of hydrogen-bond donors (Lipinski definition) is 1. The van der Waals surface area contributed by atoms with Gasteiger partial charge in [-0.3, -0.25) is 4.72 Å². The highest BCUT2D eigenvalue weighted by atomic mass is 127. The molecule has 100 valence electrons. The Morgan fingerprint density at radius 3 is 2.47 bits per heavy atom. The number of aromatic nitrogens is 1. The number of rotatable bonds is 3. The Hall–Kier alpha value is -0.670. The summed E-state index contributed by atoms with van der Waals surface area (Å²) in [6.45, 7) is 1.80. The van der Waals surface area contributed by atoms with Crippen molar-refractivity contribution in [1.29, 1.82) is 0 Å². The van der Waals surface area contributed by atoms with Crippen molar-refractivity contribution in [2.24, 2.45) is 0 Å². The van der Waals surface area contributed by atoms with E-state index in [4.69, 9.17) is 0 Å². The maximum atomic E-state index is 12.2. The van der Waals surface area contributed by atoms with Crippen molar-refractivity contribution in [3.05, 3.63) is 50.1 Å². The number of hydrogen-bond acceptors (Lipinski definition) is 3. The van der Waals surface area contributed by atoms with Crippen LogP contribution in [0, 0.1) is 10.5 Å². The van der Waals surface area contributed by atoms with Crippen LogP contribution in [0.3, 0.4) is 0 Å². The van der Waals surface area contributed by atoms with Crippen LogP contribution < -0.4 is 4.72 Å². The number of pyridine rings is 1. The van der Waals surface area contributed by atoms with E-state index in [2.05, 4.69) is 48.2 Å². The van der Waals surface area contributed by atoms with Crippen molar-refractivity contribution in [2.45, 2.75) is 11.8 Å². The molecular weight excluding hydrogens is 443 g/mol. The van der Waals surface area contributed by atoms with Gasteiger partial charge in [0.15, 0.2) is 0 Å². The topological polar surface area (TPSA) is 59.1 Å². The lowest BCUT2D eigenvalue weighted by molar-refractivity contribution is 0.601. The maximum absolute atomic E-state index is 12.2. The molecule has 0 aliphatic carbocycles. The molecule has 0 radical (unpaired) electrons. The van der Waals surface area contributed by atoms with Crippen LogP contribution in [0.4, 0.5) is 5.82 Å². The quantitative estimate of drug-likeness (QED) is 0.724. The summed E-state index contributed by atoms with van der Waals surface area (Å²) in [6.07, 6.45) is 1.55. The zero-order valence-electron chi connectivity index (χ0n) is 9.89. The van der Waals surface area contributed by atoms with Crippen molar-refractivity contribution in [3.63, 3.8) is 0 Å². The summed E-state index contributed by atoms with van der Waals surface area (Å²) in [7, 11) is -3.60. The number of nitrogens with one attached hydrogen (secondary N) is 1. The number of benzene rings is 1. The van der Waals surface area contributed by atoms with Crippen LogP contribution in [0.15, 0.2) is 45.9 Å². The van der Waals surface area contributed by atoms with E-state index in [9.17, 15) is 8.42 Å². The minimum atomic E-state index is -3.60. The molecule has 19 heavy (non-hydrogen) atoms. The molecule has 0 atom stereocenters. The molecule has 0 fully saturated rings. The number of anilines is 1. The first kappa shape index (κ1) is 14.7. The second-order valence-electron chi connectivity index (χ2n) is 3.88. The highest BCUT2D eigenvalue weighted by Gasteiger charge is 2.15. The predicted molar refractivity (Wildman–Crippen MR) is 86.6 cm³/mol. The van der Waals surface area contributed by atoms with Gasteiger partial charge in [-0.1, -0.05) is 0 Å². The predicted octanol–water partition coefficient (Wildman–Crippen LogP) is 3.56. The Morgan fingerprint density at radius 1 is 1.26 bits per heavy atom. The molecule has 1 N–H and O–H groups in total. The molecular formula is C12H10BrIN2O2S. The molecule has 0 saturated heterocycles. The highest BCUT2D eigenvalue weighted by Crippen LogP contribution is 2.20. The van der Waals surface area contributed by atoms with Crippen LogP contribution in [-0.4, -0.2) is 13.4 Å². The van der Waals surface area contributed by atoms with Crippen LogP contribution in [0.25, 0.3) is 0 Å². The Kier molecular flexibility index (Phi) is 4.46. The molecule has 4 nitrogen and oxygen atoms in total. The SMILES string of the molecule is Cc1cc(Br)cnc1NS(=O)(=O)c1ccc(I)cc1. The molecule has 0 amide bonds. The minimum absolute atomic E-state index is 0.219. The largest absolute Gasteiger partial charge is 0.263 e. The average molecular weight is 453 g/mol. The van der Waals surface area contributed by atoms with Crippen LogP contribution in [-0.2, 0) is 10.0 Å². The van der Waals surface area contributed by atoms with Gasteiger partial charge in [-0.2, -0.15) is 0 Å². The van der Waals surface area contributed by atoms with Gasteiger partial charge in [0.2, 0.25) is 0 Å². The lowest BCUT2D eigenvalue weighted by Crippen LogP contribution is -2.14. The van der Waals surface area contributed by atoms with Crippen molar-refractivity contribution in [1.82, 2.24) is 4.98 Å². The molecule has 7 heteroatoms. The second-order valence-corrected chi connectivity index (χ2v) is 7.72. The fourth-order valence-corrected chi connectivity index (χ4v) is 3.33. The molecule has 2 rings (SSSR count). The van der Waals surface area contributed by atoms with Crippen LogP contribution in [0.2, 0.25) is 0 Å². The van der Waals surface area contributed by atoms with E-state index in [0.717, 1.165) is 13.6 Å². The first-order valence-corrected chi connectivity index (χ1v) is 8.64. The smallest absolute Gasteiger partial charge is 0.263 e. The Balaban J connectivity index is 2.33. The van der Waals surface area contributed by atoms with Crippen LogP contribution in [0.5, 0.6) is 0 Å². The van der Waals surface area contributed by atoms with E-state index in [-0.39, 0.29) is 4.90 Å². The molecule has 1 aromatic heterocycles. The van der Waals surface area contributed by atoms with Crippen molar-refractivity contribution >= 4 is 54.4 Å². The summed E-state index contributed by atoms with van der Waals surface area (Å²) >= 11 is 5.41. The number of nitrogens with zero attached hydrogens (tertiary/aromatic N) is 1. The third-order valence-electron chi connectivity index (χ3n) is 2.40. The summed E-state index contributed by atoms with van der Waals surface area (Å²) < 4.78 is 28.6. The summed E-state index contributed by atoms with van der Waals surface area (Å²) in [5, 5.41) is 0. The molecule has 0 unspecified atom stereocenters. The van der Waals surface area contributed by atoms with E-state index in [1.165, 1.54) is 0 Å². The summed E-state index contributed by atoms with van der Waals surface area (Å²) in [4.78, 5) is 4.29. The summed E-state index contributed by atoms with van der Waals surface area (Å²) in [5.41, 5.74) is 0.753. The van der Waals surface area contributed by atoms with E-state index in [1.807, 2.05) is 0 Å². The van der Waals surface area contributed by atoms with Gasteiger partial charge in [-0.25, -0.2) is 13.4 Å². The second kappa shape index (κ2) is 5.76. The van der Waals surface area contributed by atoms with Gasteiger partial charge in [0.25, 0.3) is 10.0 Å². The van der Waals surface area contributed by atoms with Crippen molar-refractivity contribution in [2.75, 3.05) is 4.72 Å². The van der Waals surface area contributed by atoms with E-state index < -0.39 is 10.0 Å². The number of halogens is 2. The lowest BCUT2D eigenvalue weighted by atomic mass is 10.3. The molecule has 2 aromatic rings. The van der Waals surface area contributed by atoms with Gasteiger partial charge in [0.05, 0.1) is 4.90 Å². The monoisotopic (exact) mass is 452 g/mol. The fraction of sp³-hybridized carbons (Fsp3) is 0.0833. The number of sulfonamides is 1. The Labute approximate surface area is 134 Å². The van der Waals surface area contributed by atoms with Gasteiger partial charge in [0.1, 0.15) is 5.82 Å². The average Bonchev–Trinajstić information content (AvgIpc) is 2.33. The Morgan fingerprint density at radius 2 is 1.89 bits per heavy atom. The minimum Gasteiger partial charge on any atom is -0.263 e. The molecule has 1 aromatic carbocycles. The highest BCUT2D eigenvalue weighted by molar-refractivity contribution is 14.1. The van der Waals surface area contributed by atoms with Gasteiger partial charge in [-0.05, 0) is 81.3 Å². The van der Waals surface area contributed by atoms with Crippen LogP contribution in [0.1, 0.15) is 5.56 Å². The standard InChI is InChI=1S/C12H10BrIN2O2S/c1-8-6-9(13)7-15-12(8)16-19(17,18)11-4-2-10(14)3-5-11/h2-7H,1H3,(H,15,16). The zero-order valence-corrected chi connectivity index (χ0v) is 14.5. The molecule has 1 heterocycles. The van der Waals surface area contributed by atoms with Gasteiger partial charge < -0.3 is 0 Å². The Bertz CT molecular complexity index is 702. The van der Waals surface area contributed by atoms with Crippen molar-refractivity contribution < 1.29 is 8.42 Å². The van der Waals surface area contributed by atoms with Gasteiger partial charge >= 0.3 is 0 Å². The molecule has 0 bridgehead atoms. The first-order chi connectivity index (χ1) is 8.88. The molecule has 0 spiro atoms. The van der Waals surface area contributed by atoms with Crippen molar-refractivity contribution in [3.8, 4) is 0 Å². The summed E-state index contributed by atoms with van der Waals surface area (Å²) in [6, 6.07) is 8.43. The zero-order chi connectivity index (χ0) is 14.0. The maximum Gasteiger partial charge on any atom is 0.263 e. The van der Waals surface area contributed by atoms with E-state index in [0.29, 0.717) is 5.82 Å². The molecule has 0 aliphatic heterocycles. The van der Waals surface area contributed by atoms with Crippen LogP contribution >= 0.6 is 38.5 Å². The van der Waals surface area contributed by atoms with E-state index in [1.54, 1.807) is 43.5 Å². The fourth-order valence-electron chi connectivity index (χ4n) is 1.45. The van der Waals surface area contributed by atoms with Gasteiger partial charge in [0, 0.05) is 14.2 Å². The summed E-state index contributed by atoms with van der Waals surface area (Å²) in [5.74, 6) is 0.335. The normalized spacial score (nSPS) is 11.3. The third kappa shape index (κ3) is 3.67. The molecule has 0 saturated carbocycles.